The van der Waals surface area contributed by atoms with Gasteiger partial charge in [0.1, 0.15) is 0 Å². The Balaban J connectivity index is 2.30. The van der Waals surface area contributed by atoms with Crippen LogP contribution >= 0.6 is 11.6 Å². The molecule has 0 aliphatic rings. The van der Waals surface area contributed by atoms with E-state index in [1.807, 2.05) is 19.1 Å². The molecule has 17 heavy (non-hydrogen) atoms. The fourth-order valence-electron chi connectivity index (χ4n) is 1.38. The lowest BCUT2D eigenvalue weighted by Crippen LogP contribution is -1.99. The van der Waals surface area contributed by atoms with Crippen molar-refractivity contribution in [1.29, 1.82) is 0 Å². The number of benzene rings is 1. The summed E-state index contributed by atoms with van der Waals surface area (Å²) in [6.45, 7) is 1.91. The minimum atomic E-state index is -0.931. The van der Waals surface area contributed by atoms with Crippen LogP contribution in [-0.4, -0.2) is 26.1 Å². The quantitative estimate of drug-likeness (QED) is 0.904. The van der Waals surface area contributed by atoms with Gasteiger partial charge in [-0.05, 0) is 24.6 Å². The minimum Gasteiger partial charge on any atom is -0.481 e. The monoisotopic (exact) mass is 251 g/mol. The highest BCUT2D eigenvalue weighted by Gasteiger charge is 2.07. The van der Waals surface area contributed by atoms with Crippen molar-refractivity contribution in [3.8, 4) is 5.69 Å². The highest BCUT2D eigenvalue weighted by molar-refractivity contribution is 6.31. The number of aromatic nitrogens is 3. The molecule has 0 unspecified atom stereocenters. The first-order valence-corrected chi connectivity index (χ1v) is 5.33. The molecular weight excluding hydrogens is 242 g/mol. The third-order valence-electron chi connectivity index (χ3n) is 2.29. The van der Waals surface area contributed by atoms with Crippen LogP contribution in [-0.2, 0) is 11.2 Å². The van der Waals surface area contributed by atoms with Gasteiger partial charge in [-0.1, -0.05) is 22.9 Å². The normalized spacial score (nSPS) is 10.5. The summed E-state index contributed by atoms with van der Waals surface area (Å²) >= 11 is 6.00. The number of carboxylic acid groups (broad SMARTS) is 1. The van der Waals surface area contributed by atoms with Crippen molar-refractivity contribution in [3.63, 3.8) is 0 Å². The van der Waals surface area contributed by atoms with Crippen LogP contribution in [0.4, 0.5) is 0 Å². The standard InChI is InChI=1S/C11H10ClN3O2/c1-7-2-3-9(5-10(7)12)15-6-8(13-14-15)4-11(16)17/h2-3,5-6H,4H2,1H3,(H,16,17). The number of hydrogen-bond acceptors (Lipinski definition) is 3. The maximum Gasteiger partial charge on any atom is 0.309 e. The second-order valence-corrected chi connectivity index (χ2v) is 4.07. The van der Waals surface area contributed by atoms with Gasteiger partial charge in [0, 0.05) is 5.02 Å². The average Bonchev–Trinajstić information content (AvgIpc) is 2.69. The van der Waals surface area contributed by atoms with Gasteiger partial charge >= 0.3 is 5.97 Å². The summed E-state index contributed by atoms with van der Waals surface area (Å²) in [4.78, 5) is 10.5. The number of aliphatic carboxylic acids is 1. The van der Waals surface area contributed by atoms with Gasteiger partial charge < -0.3 is 5.11 Å². The molecule has 1 aromatic heterocycles. The second kappa shape index (κ2) is 4.55. The van der Waals surface area contributed by atoms with Gasteiger partial charge in [-0.25, -0.2) is 4.68 Å². The Morgan fingerprint density at radius 2 is 2.29 bits per heavy atom. The number of hydrogen-bond donors (Lipinski definition) is 1. The summed E-state index contributed by atoms with van der Waals surface area (Å²) in [7, 11) is 0. The largest absolute Gasteiger partial charge is 0.481 e. The maximum atomic E-state index is 10.5. The van der Waals surface area contributed by atoms with Crippen LogP contribution in [0.3, 0.4) is 0 Å². The van der Waals surface area contributed by atoms with Crippen LogP contribution in [0.15, 0.2) is 24.4 Å². The smallest absolute Gasteiger partial charge is 0.309 e. The van der Waals surface area contributed by atoms with Gasteiger partial charge in [-0.15, -0.1) is 5.10 Å². The van der Waals surface area contributed by atoms with Crippen LogP contribution < -0.4 is 0 Å². The molecule has 2 rings (SSSR count). The van der Waals surface area contributed by atoms with E-state index in [9.17, 15) is 4.79 Å². The number of nitrogens with zero attached hydrogens (tertiary/aromatic N) is 3. The van der Waals surface area contributed by atoms with Gasteiger partial charge in [0.2, 0.25) is 0 Å². The van der Waals surface area contributed by atoms with E-state index in [1.165, 1.54) is 4.68 Å². The summed E-state index contributed by atoms with van der Waals surface area (Å²) < 4.78 is 1.50. The van der Waals surface area contributed by atoms with E-state index in [2.05, 4.69) is 10.3 Å². The minimum absolute atomic E-state index is 0.139. The number of aryl methyl sites for hydroxylation is 1. The van der Waals surface area contributed by atoms with Crippen LogP contribution in [0.2, 0.25) is 5.02 Å². The van der Waals surface area contributed by atoms with Gasteiger partial charge in [-0.3, -0.25) is 4.79 Å². The molecule has 0 spiro atoms. The van der Waals surface area contributed by atoms with Crippen LogP contribution in [0.5, 0.6) is 0 Å². The van der Waals surface area contributed by atoms with E-state index in [-0.39, 0.29) is 6.42 Å². The molecule has 1 aromatic carbocycles. The molecule has 0 radical (unpaired) electrons. The number of halogens is 1. The fraction of sp³-hybridized carbons (Fsp3) is 0.182. The predicted molar refractivity (Wildman–Crippen MR) is 62.4 cm³/mol. The number of rotatable bonds is 3. The van der Waals surface area contributed by atoms with E-state index in [0.29, 0.717) is 10.7 Å². The van der Waals surface area contributed by atoms with Crippen molar-refractivity contribution in [2.45, 2.75) is 13.3 Å². The number of carboxylic acids is 1. The third kappa shape index (κ3) is 2.62. The predicted octanol–water partition coefficient (Wildman–Crippen LogP) is 1.86. The van der Waals surface area contributed by atoms with Crippen molar-refractivity contribution < 1.29 is 9.90 Å². The zero-order valence-corrected chi connectivity index (χ0v) is 9.85. The summed E-state index contributed by atoms with van der Waals surface area (Å²) in [5, 5.41) is 16.9. The topological polar surface area (TPSA) is 68.0 Å². The molecule has 1 heterocycles. The van der Waals surface area contributed by atoms with E-state index in [1.54, 1.807) is 12.3 Å². The number of carbonyl (C=O) groups is 1. The molecule has 0 aliphatic carbocycles. The first-order chi connectivity index (χ1) is 8.06. The molecule has 88 valence electrons. The molecule has 6 heteroatoms. The second-order valence-electron chi connectivity index (χ2n) is 3.66. The van der Waals surface area contributed by atoms with Crippen molar-refractivity contribution in [2.24, 2.45) is 0 Å². The van der Waals surface area contributed by atoms with Gasteiger partial charge in [-0.2, -0.15) is 0 Å². The van der Waals surface area contributed by atoms with E-state index >= 15 is 0 Å². The highest BCUT2D eigenvalue weighted by atomic mass is 35.5. The molecule has 0 saturated heterocycles. The van der Waals surface area contributed by atoms with E-state index in [0.717, 1.165) is 11.3 Å². The third-order valence-corrected chi connectivity index (χ3v) is 2.70. The molecule has 0 saturated carbocycles. The van der Waals surface area contributed by atoms with Crippen molar-refractivity contribution in [1.82, 2.24) is 15.0 Å². The van der Waals surface area contributed by atoms with Gasteiger partial charge in [0.25, 0.3) is 0 Å². The lowest BCUT2D eigenvalue weighted by Gasteiger charge is -2.02. The summed E-state index contributed by atoms with van der Waals surface area (Å²) in [5.41, 5.74) is 2.14. The lowest BCUT2D eigenvalue weighted by molar-refractivity contribution is -0.136. The first kappa shape index (κ1) is 11.6. The zero-order chi connectivity index (χ0) is 12.4. The highest BCUT2D eigenvalue weighted by Crippen LogP contribution is 2.18. The molecule has 2 aromatic rings. The Hall–Kier alpha value is -1.88. The molecule has 0 bridgehead atoms. The molecule has 0 fully saturated rings. The Bertz CT molecular complexity index is 566. The fourth-order valence-corrected chi connectivity index (χ4v) is 1.56. The summed E-state index contributed by atoms with van der Waals surface area (Å²) in [5.74, 6) is -0.931. The molecule has 0 amide bonds. The Labute approximate surface area is 103 Å². The molecule has 1 N–H and O–H groups in total. The molecular formula is C11H10ClN3O2. The van der Waals surface area contributed by atoms with Crippen molar-refractivity contribution >= 4 is 17.6 Å². The zero-order valence-electron chi connectivity index (χ0n) is 9.09. The maximum absolute atomic E-state index is 10.5. The summed E-state index contributed by atoms with van der Waals surface area (Å²) in [6, 6.07) is 5.48. The van der Waals surface area contributed by atoms with Crippen molar-refractivity contribution in [3.05, 3.63) is 40.7 Å². The SMILES string of the molecule is Cc1ccc(-n2cc(CC(=O)O)nn2)cc1Cl. The average molecular weight is 252 g/mol. The Morgan fingerprint density at radius 3 is 2.94 bits per heavy atom. The molecule has 0 atom stereocenters. The molecule has 0 aliphatic heterocycles. The van der Waals surface area contributed by atoms with Crippen molar-refractivity contribution in [2.75, 3.05) is 0 Å². The van der Waals surface area contributed by atoms with Crippen LogP contribution in [0.25, 0.3) is 5.69 Å². The van der Waals surface area contributed by atoms with E-state index in [4.69, 9.17) is 16.7 Å². The first-order valence-electron chi connectivity index (χ1n) is 4.96. The lowest BCUT2D eigenvalue weighted by atomic mass is 10.2. The van der Waals surface area contributed by atoms with Gasteiger partial charge in [0.05, 0.1) is 24.0 Å². The molecule has 5 nitrogen and oxygen atoms in total. The van der Waals surface area contributed by atoms with E-state index < -0.39 is 5.97 Å². The van der Waals surface area contributed by atoms with Crippen LogP contribution in [0, 0.1) is 6.92 Å². The Morgan fingerprint density at radius 1 is 1.53 bits per heavy atom. The summed E-state index contributed by atoms with van der Waals surface area (Å²) in [6.07, 6.45) is 1.44. The van der Waals surface area contributed by atoms with Gasteiger partial charge in [0.15, 0.2) is 0 Å². The van der Waals surface area contributed by atoms with Crippen LogP contribution in [0.1, 0.15) is 11.3 Å². The Kier molecular flexibility index (Phi) is 3.10.